The topological polar surface area (TPSA) is 76.2 Å². The van der Waals surface area contributed by atoms with Gasteiger partial charge < -0.3 is 29.3 Å². The molecule has 32 heavy (non-hydrogen) atoms. The predicted molar refractivity (Wildman–Crippen MR) is 121 cm³/mol. The summed E-state index contributed by atoms with van der Waals surface area (Å²) in [6.45, 7) is 7.65. The zero-order valence-electron chi connectivity index (χ0n) is 18.5. The van der Waals surface area contributed by atoms with Gasteiger partial charge in [0.1, 0.15) is 19.0 Å². The van der Waals surface area contributed by atoms with E-state index in [4.69, 9.17) is 14.2 Å². The summed E-state index contributed by atoms with van der Waals surface area (Å²) >= 11 is 0. The van der Waals surface area contributed by atoms with Crippen LogP contribution in [0.1, 0.15) is 24.1 Å². The van der Waals surface area contributed by atoms with Gasteiger partial charge in [0.25, 0.3) is 5.91 Å². The molecule has 1 aromatic carbocycles. The maximum absolute atomic E-state index is 12.5. The van der Waals surface area contributed by atoms with Crippen molar-refractivity contribution < 1.29 is 19.0 Å². The summed E-state index contributed by atoms with van der Waals surface area (Å²) in [7, 11) is 0. The van der Waals surface area contributed by atoms with Crippen molar-refractivity contribution in [1.82, 2.24) is 15.2 Å². The Labute approximate surface area is 188 Å². The monoisotopic (exact) mass is 438 g/mol. The first kappa shape index (κ1) is 21.0. The van der Waals surface area contributed by atoms with Crippen LogP contribution in [-0.4, -0.2) is 67.8 Å². The number of nitrogens with zero attached hydrogens (tertiary/aromatic N) is 3. The number of piperidine rings is 1. The molecule has 3 aliphatic rings. The third-order valence-electron chi connectivity index (χ3n) is 6.34. The van der Waals surface area contributed by atoms with Crippen LogP contribution in [0.2, 0.25) is 0 Å². The Bertz CT molecular complexity index is 974. The quantitative estimate of drug-likeness (QED) is 0.741. The number of pyridine rings is 1. The van der Waals surface area contributed by atoms with Gasteiger partial charge in [-0.05, 0) is 50.6 Å². The molecule has 0 atom stereocenters. The Morgan fingerprint density at radius 1 is 1.03 bits per heavy atom. The smallest absolute Gasteiger partial charge is 0.265 e. The van der Waals surface area contributed by atoms with Crippen LogP contribution in [-0.2, 0) is 11.3 Å². The lowest BCUT2D eigenvalue weighted by atomic mass is 10.0. The molecule has 1 amide bonds. The largest absolute Gasteiger partial charge is 0.486 e. The summed E-state index contributed by atoms with van der Waals surface area (Å²) in [5, 5.41) is 3.63. The lowest BCUT2D eigenvalue weighted by Crippen LogP contribution is -2.47. The summed E-state index contributed by atoms with van der Waals surface area (Å²) in [5.41, 5.74) is 2.99. The van der Waals surface area contributed by atoms with E-state index in [0.717, 1.165) is 73.2 Å². The second kappa shape index (κ2) is 9.34. The molecule has 0 saturated carbocycles. The molecule has 1 N–H and O–H groups in total. The summed E-state index contributed by atoms with van der Waals surface area (Å²) in [5.74, 6) is 2.34. The van der Waals surface area contributed by atoms with E-state index >= 15 is 0 Å². The van der Waals surface area contributed by atoms with E-state index in [1.807, 2.05) is 36.1 Å². The number of aromatic nitrogens is 1. The van der Waals surface area contributed by atoms with E-state index < -0.39 is 0 Å². The Balaban J connectivity index is 1.09. The van der Waals surface area contributed by atoms with Crippen LogP contribution in [0.3, 0.4) is 0 Å². The standard InChI is InChI=1S/C24H30N4O4/c1-17-2-3-21-20(12-17)28(24(29)16-32-21)9-8-27-6-4-18(5-7-27)25-14-19-13-22-23(15-26-19)31-11-10-30-22/h2-3,12-13,15,18,25H,4-11,14,16H2,1H3. The van der Waals surface area contributed by atoms with E-state index in [0.29, 0.717) is 25.8 Å². The molecule has 1 saturated heterocycles. The Morgan fingerprint density at radius 3 is 2.69 bits per heavy atom. The van der Waals surface area contributed by atoms with Gasteiger partial charge in [-0.25, -0.2) is 0 Å². The average molecular weight is 439 g/mol. The summed E-state index contributed by atoms with van der Waals surface area (Å²) in [4.78, 5) is 21.3. The molecule has 8 heteroatoms. The molecule has 170 valence electrons. The Morgan fingerprint density at radius 2 is 1.84 bits per heavy atom. The maximum Gasteiger partial charge on any atom is 0.265 e. The number of ether oxygens (including phenoxy) is 3. The van der Waals surface area contributed by atoms with E-state index in [9.17, 15) is 4.79 Å². The van der Waals surface area contributed by atoms with E-state index in [2.05, 4.69) is 15.2 Å². The molecule has 0 unspecified atom stereocenters. The molecule has 0 radical (unpaired) electrons. The molecular weight excluding hydrogens is 408 g/mol. The van der Waals surface area contributed by atoms with Gasteiger partial charge in [-0.2, -0.15) is 0 Å². The molecule has 0 aliphatic carbocycles. The fraction of sp³-hybridized carbons (Fsp3) is 0.500. The summed E-state index contributed by atoms with van der Waals surface area (Å²) in [6, 6.07) is 8.45. The fourth-order valence-corrected chi connectivity index (χ4v) is 4.49. The molecule has 2 aromatic rings. The molecule has 3 aliphatic heterocycles. The van der Waals surface area contributed by atoms with Gasteiger partial charge >= 0.3 is 0 Å². The maximum atomic E-state index is 12.5. The summed E-state index contributed by atoms with van der Waals surface area (Å²) in [6.07, 6.45) is 3.91. The second-order valence-electron chi connectivity index (χ2n) is 8.62. The summed E-state index contributed by atoms with van der Waals surface area (Å²) < 4.78 is 16.8. The highest BCUT2D eigenvalue weighted by atomic mass is 16.6. The number of likely N-dealkylation sites (tertiary alicyclic amines) is 1. The normalized spacial score (nSPS) is 18.9. The number of fused-ring (bicyclic) bond motifs is 2. The highest BCUT2D eigenvalue weighted by Crippen LogP contribution is 2.33. The molecule has 1 fully saturated rings. The first-order valence-electron chi connectivity index (χ1n) is 11.4. The number of hydrogen-bond donors (Lipinski definition) is 1. The molecule has 1 aromatic heterocycles. The highest BCUT2D eigenvalue weighted by molar-refractivity contribution is 5.97. The van der Waals surface area contributed by atoms with Crippen molar-refractivity contribution in [2.24, 2.45) is 0 Å². The number of nitrogens with one attached hydrogen (secondary N) is 1. The van der Waals surface area contributed by atoms with E-state index in [1.165, 1.54) is 0 Å². The van der Waals surface area contributed by atoms with Gasteiger partial charge in [0.2, 0.25) is 0 Å². The molecule has 8 nitrogen and oxygen atoms in total. The van der Waals surface area contributed by atoms with Crippen LogP contribution >= 0.6 is 0 Å². The number of aryl methyl sites for hydroxylation is 1. The fourth-order valence-electron chi connectivity index (χ4n) is 4.49. The zero-order valence-corrected chi connectivity index (χ0v) is 18.5. The zero-order chi connectivity index (χ0) is 21.9. The van der Waals surface area contributed by atoms with Gasteiger partial charge in [-0.1, -0.05) is 6.07 Å². The average Bonchev–Trinajstić information content (AvgIpc) is 2.82. The van der Waals surface area contributed by atoms with E-state index in [1.54, 1.807) is 6.20 Å². The molecular formula is C24H30N4O4. The van der Waals surface area contributed by atoms with Gasteiger partial charge in [0, 0.05) is 31.7 Å². The third kappa shape index (κ3) is 4.66. The van der Waals surface area contributed by atoms with Crippen molar-refractivity contribution in [3.63, 3.8) is 0 Å². The predicted octanol–water partition coefficient (Wildman–Crippen LogP) is 2.14. The van der Waals surface area contributed by atoms with Crippen molar-refractivity contribution in [3.05, 3.63) is 41.7 Å². The van der Waals surface area contributed by atoms with E-state index in [-0.39, 0.29) is 12.5 Å². The first-order chi connectivity index (χ1) is 15.7. The van der Waals surface area contributed by atoms with Crippen LogP contribution in [0, 0.1) is 6.92 Å². The minimum atomic E-state index is 0.0339. The van der Waals surface area contributed by atoms with Gasteiger partial charge in [0.05, 0.1) is 17.6 Å². The lowest BCUT2D eigenvalue weighted by molar-refractivity contribution is -0.121. The number of carbonyl (C=O) groups excluding carboxylic acids is 1. The van der Waals surface area contributed by atoms with Crippen LogP contribution in [0.5, 0.6) is 17.2 Å². The number of benzene rings is 1. The molecule has 5 rings (SSSR count). The highest BCUT2D eigenvalue weighted by Gasteiger charge is 2.27. The molecule has 0 bridgehead atoms. The number of amides is 1. The van der Waals surface area contributed by atoms with Crippen molar-refractivity contribution in [2.75, 3.05) is 50.9 Å². The minimum absolute atomic E-state index is 0.0339. The number of anilines is 1. The van der Waals surface area contributed by atoms with Gasteiger partial charge in [-0.3, -0.25) is 9.78 Å². The molecule has 0 spiro atoms. The molecule has 4 heterocycles. The van der Waals surface area contributed by atoms with Gasteiger partial charge in [0.15, 0.2) is 18.1 Å². The van der Waals surface area contributed by atoms with Crippen LogP contribution in [0.4, 0.5) is 5.69 Å². The minimum Gasteiger partial charge on any atom is -0.486 e. The van der Waals surface area contributed by atoms with Crippen molar-refractivity contribution >= 4 is 11.6 Å². The SMILES string of the molecule is Cc1ccc2c(c1)N(CCN1CCC(NCc3cc4c(cn3)OCCO4)CC1)C(=O)CO2. The number of hydrogen-bond acceptors (Lipinski definition) is 7. The Kier molecular flexibility index (Phi) is 6.14. The number of rotatable bonds is 6. The van der Waals surface area contributed by atoms with Crippen LogP contribution < -0.4 is 24.4 Å². The number of carbonyl (C=O) groups is 1. The first-order valence-corrected chi connectivity index (χ1v) is 11.4. The van der Waals surface area contributed by atoms with Crippen LogP contribution in [0.15, 0.2) is 30.5 Å². The van der Waals surface area contributed by atoms with Crippen molar-refractivity contribution in [1.29, 1.82) is 0 Å². The van der Waals surface area contributed by atoms with Crippen molar-refractivity contribution in [3.8, 4) is 17.2 Å². The third-order valence-corrected chi connectivity index (χ3v) is 6.34. The Hall–Kier alpha value is -2.84. The van der Waals surface area contributed by atoms with Gasteiger partial charge in [-0.15, -0.1) is 0 Å². The lowest BCUT2D eigenvalue weighted by Gasteiger charge is -2.35. The van der Waals surface area contributed by atoms with Crippen LogP contribution in [0.25, 0.3) is 0 Å². The van der Waals surface area contributed by atoms with Crippen molar-refractivity contribution in [2.45, 2.75) is 32.4 Å². The second-order valence-corrected chi connectivity index (χ2v) is 8.62.